The van der Waals surface area contributed by atoms with Crippen LogP contribution in [0.1, 0.15) is 19.2 Å². The van der Waals surface area contributed by atoms with Gasteiger partial charge >= 0.3 is 0 Å². The summed E-state index contributed by atoms with van der Waals surface area (Å²) in [5.74, 6) is 1.75. The molecule has 0 saturated carbocycles. The van der Waals surface area contributed by atoms with Crippen molar-refractivity contribution in [3.8, 4) is 0 Å². The third kappa shape index (κ3) is 3.09. The van der Waals surface area contributed by atoms with Gasteiger partial charge in [0.15, 0.2) is 0 Å². The van der Waals surface area contributed by atoms with E-state index in [1.807, 2.05) is 13.0 Å². The van der Waals surface area contributed by atoms with Crippen LogP contribution in [0, 0.1) is 6.92 Å². The van der Waals surface area contributed by atoms with Crippen molar-refractivity contribution < 1.29 is 4.74 Å². The summed E-state index contributed by atoms with van der Waals surface area (Å²) in [6.45, 7) is 6.70. The number of anilines is 1. The Balaban J connectivity index is 2.02. The maximum Gasteiger partial charge on any atom is 0.130 e. The van der Waals surface area contributed by atoms with E-state index in [-0.39, 0.29) is 0 Å². The van der Waals surface area contributed by atoms with Gasteiger partial charge in [0.2, 0.25) is 0 Å². The van der Waals surface area contributed by atoms with Crippen molar-refractivity contribution in [3.63, 3.8) is 0 Å². The highest BCUT2D eigenvalue weighted by molar-refractivity contribution is 8.00. The van der Waals surface area contributed by atoms with Gasteiger partial charge in [0.1, 0.15) is 16.7 Å². The molecule has 1 saturated heterocycles. The normalized spacial score (nSPS) is 15.9. The number of hydrogen-bond acceptors (Lipinski definition) is 5. The van der Waals surface area contributed by atoms with Crippen molar-refractivity contribution >= 4 is 17.6 Å². The molecule has 1 aromatic rings. The van der Waals surface area contributed by atoms with Gasteiger partial charge in [-0.15, -0.1) is 0 Å². The quantitative estimate of drug-likeness (QED) is 0.797. The van der Waals surface area contributed by atoms with E-state index in [0.717, 1.165) is 42.8 Å². The molecule has 4 nitrogen and oxygen atoms in total. The molecule has 2 heterocycles. The highest BCUT2D eigenvalue weighted by Gasteiger charge is 2.20. The Morgan fingerprint density at radius 3 is 2.94 bits per heavy atom. The van der Waals surface area contributed by atoms with Crippen molar-refractivity contribution in [3.05, 3.63) is 11.9 Å². The van der Waals surface area contributed by atoms with Crippen LogP contribution in [0.4, 0.5) is 5.82 Å². The molecule has 1 fully saturated rings. The number of nitrogens with one attached hydrogen (secondary N) is 1. The largest absolute Gasteiger partial charge is 0.379 e. The molecule has 5 heteroatoms. The van der Waals surface area contributed by atoms with Crippen LogP contribution in [0.5, 0.6) is 0 Å². The Morgan fingerprint density at radius 1 is 1.50 bits per heavy atom. The maximum absolute atomic E-state index is 5.15. The zero-order valence-corrected chi connectivity index (χ0v) is 10.5. The van der Waals surface area contributed by atoms with E-state index in [2.05, 4.69) is 22.2 Å². The third-order valence-electron chi connectivity index (χ3n) is 2.27. The van der Waals surface area contributed by atoms with E-state index < -0.39 is 0 Å². The fourth-order valence-corrected chi connectivity index (χ4v) is 2.43. The first-order valence-electron chi connectivity index (χ1n) is 5.62. The topological polar surface area (TPSA) is 47.0 Å². The third-order valence-corrected chi connectivity index (χ3v) is 3.32. The zero-order valence-electron chi connectivity index (χ0n) is 9.69. The van der Waals surface area contributed by atoms with Gasteiger partial charge in [0.25, 0.3) is 0 Å². The number of aryl methyl sites for hydroxylation is 1. The standard InChI is InChI=1S/C11H17N3OS/c1-3-4-12-10-5-11(14-8(2)13-10)16-9-6-15-7-9/h5,9H,3-4,6-7H2,1-2H3,(H,12,13,14). The van der Waals surface area contributed by atoms with Crippen LogP contribution in [0.3, 0.4) is 0 Å². The number of hydrogen-bond donors (Lipinski definition) is 1. The van der Waals surface area contributed by atoms with Crippen LogP contribution < -0.4 is 5.32 Å². The summed E-state index contributed by atoms with van der Waals surface area (Å²) < 4.78 is 5.15. The molecule has 16 heavy (non-hydrogen) atoms. The van der Waals surface area contributed by atoms with E-state index in [1.165, 1.54) is 0 Å². The minimum absolute atomic E-state index is 0.563. The molecule has 0 aliphatic carbocycles. The molecule has 0 amide bonds. The average molecular weight is 239 g/mol. The Labute approximate surface area is 100 Å². The van der Waals surface area contributed by atoms with Gasteiger partial charge in [-0.2, -0.15) is 0 Å². The van der Waals surface area contributed by atoms with Gasteiger partial charge < -0.3 is 10.1 Å². The lowest BCUT2D eigenvalue weighted by molar-refractivity contribution is 0.0454. The van der Waals surface area contributed by atoms with Gasteiger partial charge in [0, 0.05) is 12.6 Å². The smallest absolute Gasteiger partial charge is 0.130 e. The summed E-state index contributed by atoms with van der Waals surface area (Å²) in [5, 5.41) is 4.89. The number of rotatable bonds is 5. The molecule has 0 spiro atoms. The van der Waals surface area contributed by atoms with E-state index in [0.29, 0.717) is 5.25 Å². The lowest BCUT2D eigenvalue weighted by Gasteiger charge is -2.24. The van der Waals surface area contributed by atoms with E-state index >= 15 is 0 Å². The molecule has 88 valence electrons. The van der Waals surface area contributed by atoms with E-state index in [9.17, 15) is 0 Å². The minimum atomic E-state index is 0.563. The van der Waals surface area contributed by atoms with Crippen molar-refractivity contribution in [2.24, 2.45) is 0 Å². The van der Waals surface area contributed by atoms with Crippen LogP contribution in [-0.4, -0.2) is 35.0 Å². The summed E-state index contributed by atoms with van der Waals surface area (Å²) in [6, 6.07) is 2.02. The lowest BCUT2D eigenvalue weighted by Crippen LogP contribution is -2.30. The first kappa shape index (κ1) is 11.7. The van der Waals surface area contributed by atoms with Crippen molar-refractivity contribution in [1.29, 1.82) is 0 Å². The average Bonchev–Trinajstić information content (AvgIpc) is 2.20. The maximum atomic E-state index is 5.15. The second-order valence-corrected chi connectivity index (χ2v) is 5.16. The zero-order chi connectivity index (χ0) is 11.4. The van der Waals surface area contributed by atoms with Crippen LogP contribution in [0.25, 0.3) is 0 Å². The molecule has 2 rings (SSSR count). The van der Waals surface area contributed by atoms with Gasteiger partial charge in [-0.25, -0.2) is 9.97 Å². The summed E-state index contributed by atoms with van der Waals surface area (Å²) >= 11 is 1.78. The molecule has 1 aromatic heterocycles. The van der Waals surface area contributed by atoms with Crippen molar-refractivity contribution in [2.45, 2.75) is 30.5 Å². The molecule has 0 aromatic carbocycles. The first-order valence-corrected chi connectivity index (χ1v) is 6.50. The molecule has 0 bridgehead atoms. The minimum Gasteiger partial charge on any atom is -0.379 e. The first-order chi connectivity index (χ1) is 7.78. The summed E-state index contributed by atoms with van der Waals surface area (Å²) in [5.41, 5.74) is 0. The SMILES string of the molecule is CCCNc1cc(SC2COC2)nc(C)n1. The van der Waals surface area contributed by atoms with Crippen molar-refractivity contribution in [2.75, 3.05) is 25.1 Å². The number of aromatic nitrogens is 2. The Hall–Kier alpha value is -0.810. The predicted molar refractivity (Wildman–Crippen MR) is 66.0 cm³/mol. The summed E-state index contributed by atoms with van der Waals surface area (Å²) in [4.78, 5) is 8.78. The lowest BCUT2D eigenvalue weighted by atomic mass is 10.4. The number of nitrogens with zero attached hydrogens (tertiary/aromatic N) is 2. The number of thioether (sulfide) groups is 1. The fraction of sp³-hybridized carbons (Fsp3) is 0.636. The van der Waals surface area contributed by atoms with Crippen LogP contribution in [-0.2, 0) is 4.74 Å². The number of ether oxygens (including phenoxy) is 1. The summed E-state index contributed by atoms with van der Waals surface area (Å²) in [7, 11) is 0. The van der Waals surface area contributed by atoms with Gasteiger partial charge in [-0.05, 0) is 13.3 Å². The Kier molecular flexibility index (Phi) is 4.01. The van der Waals surface area contributed by atoms with Gasteiger partial charge in [-0.1, -0.05) is 18.7 Å². The van der Waals surface area contributed by atoms with Gasteiger partial charge in [0.05, 0.1) is 18.5 Å². The Morgan fingerprint density at radius 2 is 2.31 bits per heavy atom. The molecule has 1 aliphatic heterocycles. The summed E-state index contributed by atoms with van der Waals surface area (Å²) in [6.07, 6.45) is 1.10. The predicted octanol–water partition coefficient (Wildman–Crippen LogP) is 2.10. The van der Waals surface area contributed by atoms with Crippen LogP contribution >= 0.6 is 11.8 Å². The molecule has 1 aliphatic rings. The molecular formula is C11H17N3OS. The Bertz CT molecular complexity index is 355. The van der Waals surface area contributed by atoms with E-state index in [4.69, 9.17) is 4.74 Å². The van der Waals surface area contributed by atoms with Crippen molar-refractivity contribution in [1.82, 2.24) is 9.97 Å². The van der Waals surface area contributed by atoms with E-state index in [1.54, 1.807) is 11.8 Å². The second kappa shape index (κ2) is 5.50. The molecule has 1 N–H and O–H groups in total. The second-order valence-electron chi connectivity index (χ2n) is 3.84. The molecule has 0 radical (unpaired) electrons. The highest BCUT2D eigenvalue weighted by Crippen LogP contribution is 2.27. The van der Waals surface area contributed by atoms with Crippen LogP contribution in [0.15, 0.2) is 11.1 Å². The fourth-order valence-electron chi connectivity index (χ4n) is 1.40. The monoisotopic (exact) mass is 239 g/mol. The molecule has 0 atom stereocenters. The van der Waals surface area contributed by atoms with Crippen LogP contribution in [0.2, 0.25) is 0 Å². The molecule has 0 unspecified atom stereocenters. The molecular weight excluding hydrogens is 222 g/mol. The van der Waals surface area contributed by atoms with Gasteiger partial charge in [-0.3, -0.25) is 0 Å². The highest BCUT2D eigenvalue weighted by atomic mass is 32.2.